The van der Waals surface area contributed by atoms with E-state index in [1.807, 2.05) is 13.8 Å². The predicted molar refractivity (Wildman–Crippen MR) is 204 cm³/mol. The lowest BCUT2D eigenvalue weighted by molar-refractivity contribution is -0.150. The van der Waals surface area contributed by atoms with E-state index >= 15 is 0 Å². The SMILES string of the molecule is CC1(C)O[C@@H]2COc3cccc(P(c4ccccc4)c4ccccc4)c3-c3c(cccc3P(c3ccccc3)c3ccccc3)OC[C@H]2O1. The number of hydrogen-bond acceptors (Lipinski definition) is 4. The lowest BCUT2D eigenvalue weighted by atomic mass is 10.0. The molecule has 0 aliphatic carbocycles. The molecule has 49 heavy (non-hydrogen) atoms. The highest BCUT2D eigenvalue weighted by Crippen LogP contribution is 2.47. The largest absolute Gasteiger partial charge is 0.490 e. The van der Waals surface area contributed by atoms with Crippen molar-refractivity contribution < 1.29 is 18.9 Å². The van der Waals surface area contributed by atoms with Crippen molar-refractivity contribution >= 4 is 47.7 Å². The van der Waals surface area contributed by atoms with Gasteiger partial charge in [-0.15, -0.1) is 0 Å². The van der Waals surface area contributed by atoms with Gasteiger partial charge < -0.3 is 18.9 Å². The number of hydrogen-bond donors (Lipinski definition) is 0. The Bertz CT molecular complexity index is 1790. The van der Waals surface area contributed by atoms with Crippen molar-refractivity contribution in [3.05, 3.63) is 158 Å². The monoisotopic (exact) mass is 680 g/mol. The smallest absolute Gasteiger partial charge is 0.164 e. The molecule has 244 valence electrons. The molecule has 0 aromatic heterocycles. The number of ether oxygens (including phenoxy) is 4. The van der Waals surface area contributed by atoms with Gasteiger partial charge in [0.2, 0.25) is 0 Å². The summed E-state index contributed by atoms with van der Waals surface area (Å²) in [6, 6.07) is 56.5. The standard InChI is InChI=1S/C43H38O4P2/c1-43(2)46-37-29-44-35-25-15-27-39(48(31-17-7-3-8-18-31)32-19-9-4-10-20-32)41(35)42-36(45-30-38(37)47-43)26-16-28-40(42)49(33-21-11-5-12-22-33)34-23-13-6-14-24-34/h3-28,37-38H,29-30H2,1-2H3/t37-,38-/m1/s1. The minimum absolute atomic E-state index is 0.272. The molecule has 6 aromatic carbocycles. The van der Waals surface area contributed by atoms with Crippen molar-refractivity contribution in [1.82, 2.24) is 0 Å². The molecule has 2 aliphatic rings. The molecule has 2 atom stereocenters. The number of benzene rings is 6. The molecule has 1 saturated heterocycles. The Kier molecular flexibility index (Phi) is 9.06. The molecule has 0 N–H and O–H groups in total. The van der Waals surface area contributed by atoms with Crippen LogP contribution in [0, 0.1) is 0 Å². The zero-order valence-electron chi connectivity index (χ0n) is 27.6. The van der Waals surface area contributed by atoms with Crippen molar-refractivity contribution in [3.8, 4) is 22.6 Å². The van der Waals surface area contributed by atoms with Gasteiger partial charge in [0.05, 0.1) is 0 Å². The summed E-state index contributed by atoms with van der Waals surface area (Å²) < 4.78 is 26.5. The van der Waals surface area contributed by atoms with E-state index in [1.165, 1.54) is 31.8 Å². The van der Waals surface area contributed by atoms with E-state index in [2.05, 4.69) is 158 Å². The highest BCUT2D eigenvalue weighted by atomic mass is 31.1. The van der Waals surface area contributed by atoms with Crippen molar-refractivity contribution in [3.63, 3.8) is 0 Å². The predicted octanol–water partition coefficient (Wildman–Crippen LogP) is 7.16. The summed E-state index contributed by atoms with van der Waals surface area (Å²) >= 11 is 0. The van der Waals surface area contributed by atoms with Crippen LogP contribution >= 0.6 is 15.8 Å². The summed E-state index contributed by atoms with van der Waals surface area (Å²) in [5.74, 6) is 0.911. The van der Waals surface area contributed by atoms with E-state index in [4.69, 9.17) is 18.9 Å². The molecule has 1 fully saturated rings. The first kappa shape index (κ1) is 31.9. The van der Waals surface area contributed by atoms with Crippen molar-refractivity contribution in [2.45, 2.75) is 31.8 Å². The van der Waals surface area contributed by atoms with Crippen LogP contribution in [-0.2, 0) is 9.47 Å². The Morgan fingerprint density at radius 2 is 0.755 bits per heavy atom. The fraction of sp³-hybridized carbons (Fsp3) is 0.163. The van der Waals surface area contributed by atoms with Crippen LogP contribution in [0.2, 0.25) is 0 Å². The molecular formula is C43H38O4P2. The average Bonchev–Trinajstić information content (AvgIpc) is 3.45. The van der Waals surface area contributed by atoms with Crippen LogP contribution in [0.3, 0.4) is 0 Å². The molecular weight excluding hydrogens is 642 g/mol. The first-order valence-corrected chi connectivity index (χ1v) is 19.4. The van der Waals surface area contributed by atoms with Crippen LogP contribution in [0.5, 0.6) is 11.5 Å². The van der Waals surface area contributed by atoms with Gasteiger partial charge in [-0.3, -0.25) is 0 Å². The molecule has 0 radical (unpaired) electrons. The van der Waals surface area contributed by atoms with Gasteiger partial charge in [-0.25, -0.2) is 0 Å². The Morgan fingerprint density at radius 3 is 1.08 bits per heavy atom. The topological polar surface area (TPSA) is 36.9 Å². The van der Waals surface area contributed by atoms with Gasteiger partial charge in [-0.1, -0.05) is 146 Å². The Morgan fingerprint density at radius 1 is 0.429 bits per heavy atom. The average molecular weight is 681 g/mol. The zero-order chi connectivity index (χ0) is 33.2. The second kappa shape index (κ2) is 13.9. The van der Waals surface area contributed by atoms with Crippen LogP contribution < -0.4 is 41.3 Å². The third kappa shape index (κ3) is 6.55. The molecule has 0 unspecified atom stereocenters. The second-order valence-electron chi connectivity index (χ2n) is 12.6. The van der Waals surface area contributed by atoms with Gasteiger partial charge in [-0.2, -0.15) is 0 Å². The lowest BCUT2D eigenvalue weighted by Gasteiger charge is -2.30. The zero-order valence-corrected chi connectivity index (χ0v) is 29.4. The van der Waals surface area contributed by atoms with Gasteiger partial charge in [0.15, 0.2) is 5.79 Å². The molecule has 0 spiro atoms. The first-order valence-electron chi connectivity index (χ1n) is 16.7. The fourth-order valence-corrected chi connectivity index (χ4v) is 11.8. The second-order valence-corrected chi connectivity index (χ2v) is 17.0. The molecule has 2 aliphatic heterocycles. The number of fused-ring (bicyclic) bond motifs is 4. The summed E-state index contributed by atoms with van der Waals surface area (Å²) in [6.07, 6.45) is -0.543. The van der Waals surface area contributed by atoms with E-state index in [-0.39, 0.29) is 12.2 Å². The fourth-order valence-electron chi connectivity index (χ4n) is 6.85. The summed E-state index contributed by atoms with van der Waals surface area (Å²) in [6.45, 7) is 4.62. The summed E-state index contributed by atoms with van der Waals surface area (Å²) in [7, 11) is -1.94. The molecule has 6 aromatic rings. The Hall–Kier alpha value is -4.30. The van der Waals surface area contributed by atoms with Gasteiger partial charge >= 0.3 is 0 Å². The first-order chi connectivity index (χ1) is 24.1. The summed E-state index contributed by atoms with van der Waals surface area (Å²) in [5, 5.41) is 7.54. The summed E-state index contributed by atoms with van der Waals surface area (Å²) in [5.41, 5.74) is 2.14. The molecule has 0 saturated carbocycles. The maximum Gasteiger partial charge on any atom is 0.164 e. The maximum atomic E-state index is 6.89. The molecule has 2 heterocycles. The highest BCUT2D eigenvalue weighted by Gasteiger charge is 2.43. The van der Waals surface area contributed by atoms with Crippen molar-refractivity contribution in [2.24, 2.45) is 0 Å². The molecule has 0 amide bonds. The molecule has 4 nitrogen and oxygen atoms in total. The van der Waals surface area contributed by atoms with Crippen LogP contribution in [-0.4, -0.2) is 31.2 Å². The van der Waals surface area contributed by atoms with Gasteiger partial charge in [0.25, 0.3) is 0 Å². The third-order valence-electron chi connectivity index (χ3n) is 8.89. The van der Waals surface area contributed by atoms with Crippen LogP contribution in [0.4, 0.5) is 0 Å². The van der Waals surface area contributed by atoms with Crippen molar-refractivity contribution in [1.29, 1.82) is 0 Å². The van der Waals surface area contributed by atoms with E-state index in [9.17, 15) is 0 Å². The van der Waals surface area contributed by atoms with Crippen LogP contribution in [0.15, 0.2) is 158 Å². The molecule has 6 heteroatoms. The van der Waals surface area contributed by atoms with Crippen molar-refractivity contribution in [2.75, 3.05) is 13.2 Å². The number of rotatable bonds is 6. The normalized spacial score (nSPS) is 18.1. The van der Waals surface area contributed by atoms with Gasteiger partial charge in [0.1, 0.15) is 36.9 Å². The molecule has 0 bridgehead atoms. The lowest BCUT2D eigenvalue weighted by Crippen LogP contribution is -2.35. The Balaban J connectivity index is 1.42. The van der Waals surface area contributed by atoms with Crippen LogP contribution in [0.1, 0.15) is 13.8 Å². The Labute approximate surface area is 291 Å². The summed E-state index contributed by atoms with van der Waals surface area (Å²) in [4.78, 5) is 0. The quantitative estimate of drug-likeness (QED) is 0.175. The third-order valence-corrected chi connectivity index (χ3v) is 13.9. The maximum absolute atomic E-state index is 6.89. The molecule has 8 rings (SSSR count). The minimum Gasteiger partial charge on any atom is -0.490 e. The highest BCUT2D eigenvalue weighted by molar-refractivity contribution is 7.80. The van der Waals surface area contributed by atoms with Crippen LogP contribution in [0.25, 0.3) is 11.1 Å². The van der Waals surface area contributed by atoms with Gasteiger partial charge in [-0.05, 0) is 73.7 Å². The minimum atomic E-state index is -0.972. The van der Waals surface area contributed by atoms with E-state index in [1.54, 1.807) is 0 Å². The van der Waals surface area contributed by atoms with E-state index in [0.29, 0.717) is 13.2 Å². The van der Waals surface area contributed by atoms with E-state index < -0.39 is 21.6 Å². The van der Waals surface area contributed by atoms with E-state index in [0.717, 1.165) is 22.6 Å². The van der Waals surface area contributed by atoms with Gasteiger partial charge in [0, 0.05) is 11.1 Å².